The number of aromatic nitrogens is 3. The molecule has 10 aromatic rings. The molecule has 0 radical (unpaired) electrons. The maximum atomic E-state index is 13.3. The molecule has 0 atom stereocenters. The highest BCUT2D eigenvalue weighted by Gasteiger charge is 2.32. The number of hydrogen-bond donors (Lipinski definition) is 4. The van der Waals surface area contributed by atoms with Gasteiger partial charge in [-0.3, -0.25) is 29.0 Å². The third-order valence-corrected chi connectivity index (χ3v) is 20.0. The van der Waals surface area contributed by atoms with E-state index >= 15 is 0 Å². The molecule has 1 amide bonds. The van der Waals surface area contributed by atoms with E-state index < -0.39 is 17.9 Å². The van der Waals surface area contributed by atoms with Crippen LogP contribution in [0, 0.1) is 37.5 Å². The van der Waals surface area contributed by atoms with Gasteiger partial charge in [0.2, 0.25) is 5.91 Å². The fourth-order valence-corrected chi connectivity index (χ4v) is 13.8. The Labute approximate surface area is 651 Å². The van der Waals surface area contributed by atoms with Gasteiger partial charge in [0.05, 0.1) is 48.7 Å². The predicted octanol–water partition coefficient (Wildman–Crippen LogP) is 16.1. The number of aryl methyl sites for hydroxylation is 2. The van der Waals surface area contributed by atoms with Gasteiger partial charge in [-0.2, -0.15) is 0 Å². The zero-order chi connectivity index (χ0) is 73.7. The molecule has 7 heterocycles. The summed E-state index contributed by atoms with van der Waals surface area (Å²) in [6, 6.07) is 42.8. The molecule has 109 heavy (non-hydrogen) atoms. The second-order valence-electron chi connectivity index (χ2n) is 26.5. The molecular formula is C84H111Cl2N11O12. The summed E-state index contributed by atoms with van der Waals surface area (Å²) >= 11 is 12.1. The minimum atomic E-state index is -0.676. The number of nitrogens with zero attached hydrogens (tertiary/aromatic N) is 8. The Balaban J connectivity index is 0.000000250. The Bertz CT molecular complexity index is 4570. The average Bonchev–Trinajstić information content (AvgIpc) is 1.40. The van der Waals surface area contributed by atoms with Gasteiger partial charge in [-0.05, 0) is 176 Å². The summed E-state index contributed by atoms with van der Waals surface area (Å²) in [5, 5.41) is 33.3. The highest BCUT2D eigenvalue weighted by molar-refractivity contribution is 6.31. The van der Waals surface area contributed by atoms with Crippen LogP contribution in [0.4, 0.5) is 22.9 Å². The average molecular weight is 1540 g/mol. The number of carboxylic acid groups (broad SMARTS) is 1. The topological polar surface area (TPSA) is 299 Å². The normalized spacial score (nSPS) is 15.2. The van der Waals surface area contributed by atoms with Gasteiger partial charge in [0, 0.05) is 148 Å². The predicted molar refractivity (Wildman–Crippen MR) is 440 cm³/mol. The first kappa shape index (κ1) is 89.7. The Morgan fingerprint density at radius 3 is 1.46 bits per heavy atom. The van der Waals surface area contributed by atoms with Gasteiger partial charge in [-0.15, -0.1) is 0 Å². The van der Waals surface area contributed by atoms with Gasteiger partial charge in [-0.25, -0.2) is 0 Å². The number of rotatable bonds is 14. The molecule has 1 aliphatic carbocycles. The molecule has 0 unspecified atom stereocenters. The zero-order valence-corrected chi connectivity index (χ0v) is 60.7. The standard InChI is InChI=1S/C28H30ClN5O2.C15H17ClN2.C14H16N2O3.C8H8N2O.C7H10O4.C7H10O2.5CH4/c29-23-4-3-21-15-19(1-2-22(21)16-23)18-32-11-13-34(14-12-32)28(35)20-7-9-33(10-8-20)24-5-6-26-25(17-24)27(30)31-36-26;16-15-4-3-13-9-12(1-2-14(13)10-15)11-18-7-5-17-6-8-18;1-9-12-8-11(2-3-13(12)19-15-9)16-6-4-10(5-7-16)14(17)18;1-5-7-4-6(9)2-3-8(7)11-10-5;1-11-7(10)6(2-4-8)3-5-9;1-9-7(8)6-4-2-3-5-6;;;;;/h1-6,15-17,20H,7-14,18H2,(H2,30,31);1-4,9-10,17H,5-8,11H2;2-3,8,10H,4-7H2,1H3,(H,17,18);2-4H,9H2,1H3;4-6H,2-3H2,1H3;2-3,6H,4-5H2,1H3;5*1H4. The van der Waals surface area contributed by atoms with E-state index in [9.17, 15) is 28.8 Å². The van der Waals surface area contributed by atoms with Crippen LogP contribution in [0.1, 0.15) is 111 Å². The van der Waals surface area contributed by atoms with E-state index in [-0.39, 0.29) is 73.7 Å². The number of anilines is 4. The van der Waals surface area contributed by atoms with Crippen LogP contribution in [0.15, 0.2) is 153 Å². The Morgan fingerprint density at radius 2 is 0.972 bits per heavy atom. The van der Waals surface area contributed by atoms with Crippen LogP contribution >= 0.6 is 23.2 Å². The Hall–Kier alpha value is -9.91. The number of carbonyl (C=O) groups is 6. The summed E-state index contributed by atoms with van der Waals surface area (Å²) in [7, 11) is 2.66. The van der Waals surface area contributed by atoms with E-state index in [0.29, 0.717) is 42.7 Å². The molecule has 15 rings (SSSR count). The van der Waals surface area contributed by atoms with Gasteiger partial charge in [-0.1, -0.05) is 124 Å². The van der Waals surface area contributed by atoms with E-state index in [1.807, 2.05) is 92.7 Å². The summed E-state index contributed by atoms with van der Waals surface area (Å²) in [5.74, 6) is -1.13. The molecule has 25 heteroatoms. The van der Waals surface area contributed by atoms with Crippen molar-refractivity contribution in [3.05, 3.63) is 172 Å². The molecule has 588 valence electrons. The second kappa shape index (κ2) is 43.9. The summed E-state index contributed by atoms with van der Waals surface area (Å²) in [5.41, 5.74) is 21.2. The smallest absolute Gasteiger partial charge is 0.309 e. The number of piperidine rings is 2. The number of nitrogens with two attached hydrogens (primary N) is 2. The van der Waals surface area contributed by atoms with Crippen molar-refractivity contribution in [2.24, 2.45) is 23.7 Å². The largest absolute Gasteiger partial charge is 0.481 e. The lowest BCUT2D eigenvalue weighted by atomic mass is 9.94. The number of carbonyl (C=O) groups excluding carboxylic acids is 5. The fraction of sp³-hybridized carbons (Fsp3) is 0.417. The summed E-state index contributed by atoms with van der Waals surface area (Å²) in [6.07, 6.45) is 10.2. The van der Waals surface area contributed by atoms with Crippen LogP contribution in [0.5, 0.6) is 0 Å². The molecule has 3 aromatic heterocycles. The molecule has 0 bridgehead atoms. The first-order valence-electron chi connectivity index (χ1n) is 35.2. The number of fused-ring (bicyclic) bond motifs is 5. The van der Waals surface area contributed by atoms with Gasteiger partial charge >= 0.3 is 17.9 Å². The number of amides is 1. The molecule has 4 fully saturated rings. The van der Waals surface area contributed by atoms with Gasteiger partial charge < -0.3 is 69.2 Å². The van der Waals surface area contributed by atoms with E-state index in [0.717, 1.165) is 189 Å². The van der Waals surface area contributed by atoms with Crippen LogP contribution in [-0.4, -0.2) is 164 Å². The first-order chi connectivity index (χ1) is 50.4. The van der Waals surface area contributed by atoms with Gasteiger partial charge in [0.15, 0.2) is 22.6 Å². The van der Waals surface area contributed by atoms with Gasteiger partial charge in [0.1, 0.15) is 12.6 Å². The molecule has 4 saturated heterocycles. The minimum absolute atomic E-state index is 0. The van der Waals surface area contributed by atoms with E-state index in [2.05, 4.69) is 109 Å². The van der Waals surface area contributed by atoms with Crippen molar-refractivity contribution in [2.45, 2.75) is 115 Å². The molecular weight excluding hydrogens is 1430 g/mol. The number of nitrogen functional groups attached to an aromatic ring is 2. The quantitative estimate of drug-likeness (QED) is 0.0340. The minimum Gasteiger partial charge on any atom is -0.481 e. The number of benzene rings is 7. The molecule has 6 N–H and O–H groups in total. The van der Waals surface area contributed by atoms with Crippen LogP contribution < -0.4 is 26.6 Å². The number of allylic oxidation sites excluding steroid dienone is 2. The summed E-state index contributed by atoms with van der Waals surface area (Å²) < 4.78 is 24.3. The molecule has 0 saturated carbocycles. The number of halogens is 2. The Kier molecular flexibility index (Phi) is 36.2. The number of aldehydes is 2. The third kappa shape index (κ3) is 24.8. The number of methoxy groups -OCH3 is 2. The van der Waals surface area contributed by atoms with Crippen LogP contribution in [0.2, 0.25) is 10.0 Å². The van der Waals surface area contributed by atoms with Crippen molar-refractivity contribution in [1.82, 2.24) is 35.5 Å². The maximum absolute atomic E-state index is 13.3. The van der Waals surface area contributed by atoms with E-state index in [1.54, 1.807) is 6.07 Å². The SMILES string of the molecule is C.C.C.C.C.COC(=O)C(CC=O)CC=O.COC(=O)C1CC=CC1.Cc1noc2ccc(N)cc12.Cc1noc2ccc(N3CCC(C(=O)O)CC3)cc12.Clc1ccc2cc(CN3CCNCC3)ccc2c1.Nc1noc2ccc(N3CCC(C(=O)N4CCN(Cc5ccc6cc(Cl)ccc6c5)CC4)CC3)cc12. The maximum Gasteiger partial charge on any atom is 0.309 e. The highest BCUT2D eigenvalue weighted by Crippen LogP contribution is 2.32. The first-order valence-corrected chi connectivity index (χ1v) is 36.0. The molecule has 23 nitrogen and oxygen atoms in total. The Morgan fingerprint density at radius 1 is 0.532 bits per heavy atom. The summed E-state index contributed by atoms with van der Waals surface area (Å²) in [4.78, 5) is 77.2. The highest BCUT2D eigenvalue weighted by atomic mass is 35.5. The number of aliphatic carboxylic acids is 1. The molecule has 4 aliphatic heterocycles. The third-order valence-electron chi connectivity index (χ3n) is 19.5. The number of hydrogen-bond acceptors (Lipinski definition) is 21. The fourth-order valence-electron chi connectivity index (χ4n) is 13.4. The lowest BCUT2D eigenvalue weighted by Crippen LogP contribution is -2.51. The second-order valence-corrected chi connectivity index (χ2v) is 27.4. The van der Waals surface area contributed by atoms with Gasteiger partial charge in [0.25, 0.3) is 0 Å². The van der Waals surface area contributed by atoms with Crippen LogP contribution in [-0.2, 0) is 51.3 Å². The monoisotopic (exact) mass is 1540 g/mol. The molecule has 5 aliphatic rings. The van der Waals surface area contributed by atoms with Crippen molar-refractivity contribution < 1.29 is 56.9 Å². The van der Waals surface area contributed by atoms with Crippen LogP contribution in [0.3, 0.4) is 0 Å². The number of nitrogens with one attached hydrogen (secondary N) is 1. The lowest BCUT2D eigenvalue weighted by molar-refractivity contribution is -0.147. The number of piperazine rings is 2. The lowest BCUT2D eigenvalue weighted by Gasteiger charge is -2.39. The number of carboxylic acids is 1. The van der Waals surface area contributed by atoms with Crippen molar-refractivity contribution in [3.63, 3.8) is 0 Å². The van der Waals surface area contributed by atoms with Crippen molar-refractivity contribution in [2.75, 3.05) is 114 Å². The number of ether oxygens (including phenoxy) is 2. The summed E-state index contributed by atoms with van der Waals surface area (Å²) in [6.45, 7) is 16.9. The van der Waals surface area contributed by atoms with Crippen LogP contribution in [0.25, 0.3) is 54.5 Å². The van der Waals surface area contributed by atoms with E-state index in [4.69, 9.17) is 53.3 Å². The van der Waals surface area contributed by atoms with Crippen molar-refractivity contribution in [3.8, 4) is 0 Å². The molecule has 7 aromatic carbocycles. The number of esters is 2. The molecule has 0 spiro atoms. The van der Waals surface area contributed by atoms with Crippen molar-refractivity contribution >= 4 is 137 Å². The van der Waals surface area contributed by atoms with Crippen molar-refractivity contribution in [1.29, 1.82) is 0 Å². The van der Waals surface area contributed by atoms with E-state index in [1.165, 1.54) is 41.5 Å². The zero-order valence-electron chi connectivity index (χ0n) is 59.2.